The first-order valence-corrected chi connectivity index (χ1v) is 7.86. The molecule has 0 saturated carbocycles. The van der Waals surface area contributed by atoms with Gasteiger partial charge in [0.25, 0.3) is 0 Å². The molecule has 5 nitrogen and oxygen atoms in total. The molecule has 1 spiro atoms. The Morgan fingerprint density at radius 2 is 2.23 bits per heavy atom. The van der Waals surface area contributed by atoms with Crippen molar-refractivity contribution in [2.45, 2.75) is 31.0 Å². The highest BCUT2D eigenvalue weighted by atomic mass is 16.6. The summed E-state index contributed by atoms with van der Waals surface area (Å²) >= 11 is 0. The second-order valence-electron chi connectivity index (χ2n) is 5.93. The molecule has 120 valence electrons. The summed E-state index contributed by atoms with van der Waals surface area (Å²) < 4.78 is 17.1. The number of rotatable bonds is 5. The SMILES string of the molecule is CO[C@H]1CN(C(=O)CCOc2ccccc2)C[C@@]12CCCO2. The normalized spacial score (nSPS) is 27.5. The quantitative estimate of drug-likeness (QED) is 0.833. The monoisotopic (exact) mass is 305 g/mol. The Balaban J connectivity index is 1.50. The zero-order valence-electron chi connectivity index (χ0n) is 13.0. The third-order valence-corrected chi connectivity index (χ3v) is 4.53. The van der Waals surface area contributed by atoms with Crippen molar-refractivity contribution in [1.29, 1.82) is 0 Å². The average Bonchev–Trinajstić information content (AvgIpc) is 3.16. The minimum absolute atomic E-state index is 0.0195. The highest BCUT2D eigenvalue weighted by molar-refractivity contribution is 5.77. The minimum atomic E-state index is -0.287. The maximum Gasteiger partial charge on any atom is 0.226 e. The van der Waals surface area contributed by atoms with Crippen LogP contribution in [-0.2, 0) is 14.3 Å². The zero-order valence-corrected chi connectivity index (χ0v) is 13.0. The number of benzene rings is 1. The van der Waals surface area contributed by atoms with Gasteiger partial charge in [0.05, 0.1) is 19.6 Å². The average molecular weight is 305 g/mol. The Morgan fingerprint density at radius 1 is 1.41 bits per heavy atom. The second kappa shape index (κ2) is 6.67. The van der Waals surface area contributed by atoms with Gasteiger partial charge < -0.3 is 19.1 Å². The third-order valence-electron chi connectivity index (χ3n) is 4.53. The van der Waals surface area contributed by atoms with Crippen LogP contribution in [0, 0.1) is 0 Å². The Kier molecular flexibility index (Phi) is 4.64. The van der Waals surface area contributed by atoms with Crippen molar-refractivity contribution >= 4 is 5.91 Å². The molecule has 1 amide bonds. The minimum Gasteiger partial charge on any atom is -0.493 e. The summed E-state index contributed by atoms with van der Waals surface area (Å²) in [6, 6.07) is 9.56. The summed E-state index contributed by atoms with van der Waals surface area (Å²) in [6.07, 6.45) is 2.37. The Morgan fingerprint density at radius 3 is 2.91 bits per heavy atom. The van der Waals surface area contributed by atoms with E-state index in [1.807, 2.05) is 35.2 Å². The van der Waals surface area contributed by atoms with E-state index >= 15 is 0 Å². The number of carbonyl (C=O) groups is 1. The Hall–Kier alpha value is -1.59. The van der Waals surface area contributed by atoms with Gasteiger partial charge in [-0.2, -0.15) is 0 Å². The number of hydrogen-bond donors (Lipinski definition) is 0. The van der Waals surface area contributed by atoms with Crippen LogP contribution in [0.5, 0.6) is 5.75 Å². The Bertz CT molecular complexity index is 499. The highest BCUT2D eigenvalue weighted by Crippen LogP contribution is 2.36. The van der Waals surface area contributed by atoms with Crippen molar-refractivity contribution in [3.05, 3.63) is 30.3 Å². The zero-order chi connectivity index (χ0) is 15.4. The topological polar surface area (TPSA) is 48.0 Å². The van der Waals surface area contributed by atoms with E-state index in [4.69, 9.17) is 14.2 Å². The molecular weight excluding hydrogens is 282 g/mol. The number of methoxy groups -OCH3 is 1. The van der Waals surface area contributed by atoms with Gasteiger partial charge in [-0.25, -0.2) is 0 Å². The smallest absolute Gasteiger partial charge is 0.226 e. The molecule has 2 saturated heterocycles. The van der Waals surface area contributed by atoms with Crippen LogP contribution in [-0.4, -0.2) is 55.9 Å². The molecule has 2 aliphatic rings. The van der Waals surface area contributed by atoms with Crippen molar-refractivity contribution < 1.29 is 19.0 Å². The van der Waals surface area contributed by atoms with Crippen LogP contribution in [0.3, 0.4) is 0 Å². The van der Waals surface area contributed by atoms with E-state index in [0.717, 1.165) is 25.2 Å². The summed E-state index contributed by atoms with van der Waals surface area (Å²) in [5.74, 6) is 0.896. The maximum atomic E-state index is 12.4. The summed E-state index contributed by atoms with van der Waals surface area (Å²) in [4.78, 5) is 14.2. The van der Waals surface area contributed by atoms with Crippen LogP contribution >= 0.6 is 0 Å². The van der Waals surface area contributed by atoms with Gasteiger partial charge in [-0.1, -0.05) is 18.2 Å². The van der Waals surface area contributed by atoms with Gasteiger partial charge >= 0.3 is 0 Å². The number of carbonyl (C=O) groups excluding carboxylic acids is 1. The van der Waals surface area contributed by atoms with E-state index in [1.54, 1.807) is 7.11 Å². The van der Waals surface area contributed by atoms with Crippen molar-refractivity contribution in [3.8, 4) is 5.75 Å². The standard InChI is InChI=1S/C17H23NO4/c1-20-15-12-18(13-17(15)9-5-10-22-17)16(19)8-11-21-14-6-3-2-4-7-14/h2-4,6-7,15H,5,8-13H2,1H3/t15-,17-/m0/s1. The van der Waals surface area contributed by atoms with Crippen LogP contribution < -0.4 is 4.74 Å². The van der Waals surface area contributed by atoms with Crippen LogP contribution in [0.2, 0.25) is 0 Å². The fourth-order valence-electron chi connectivity index (χ4n) is 3.36. The molecule has 0 unspecified atom stereocenters. The van der Waals surface area contributed by atoms with E-state index in [1.165, 1.54) is 0 Å². The molecule has 0 bridgehead atoms. The van der Waals surface area contributed by atoms with Crippen molar-refractivity contribution in [2.24, 2.45) is 0 Å². The van der Waals surface area contributed by atoms with Crippen molar-refractivity contribution in [2.75, 3.05) is 33.4 Å². The molecule has 1 aromatic carbocycles. The summed E-state index contributed by atoms with van der Waals surface area (Å²) in [6.45, 7) is 2.40. The lowest BCUT2D eigenvalue weighted by Gasteiger charge is -2.27. The first-order valence-electron chi connectivity index (χ1n) is 7.86. The molecule has 2 heterocycles. The molecule has 0 radical (unpaired) electrons. The largest absolute Gasteiger partial charge is 0.493 e. The van der Waals surface area contributed by atoms with E-state index in [2.05, 4.69) is 0 Å². The van der Waals surface area contributed by atoms with Gasteiger partial charge in [0.2, 0.25) is 5.91 Å². The number of amides is 1. The predicted molar refractivity (Wildman–Crippen MR) is 81.8 cm³/mol. The molecule has 3 rings (SSSR count). The number of hydrogen-bond acceptors (Lipinski definition) is 4. The highest BCUT2D eigenvalue weighted by Gasteiger charge is 2.51. The number of para-hydroxylation sites is 1. The van der Waals surface area contributed by atoms with Crippen LogP contribution in [0.1, 0.15) is 19.3 Å². The van der Waals surface area contributed by atoms with Crippen molar-refractivity contribution in [1.82, 2.24) is 4.90 Å². The van der Waals surface area contributed by atoms with Crippen LogP contribution in [0.25, 0.3) is 0 Å². The maximum absolute atomic E-state index is 12.4. The molecular formula is C17H23NO4. The van der Waals surface area contributed by atoms with Gasteiger partial charge in [-0.15, -0.1) is 0 Å². The van der Waals surface area contributed by atoms with E-state index in [0.29, 0.717) is 26.1 Å². The molecule has 0 aliphatic carbocycles. The fraction of sp³-hybridized carbons (Fsp3) is 0.588. The first kappa shape index (κ1) is 15.3. The summed E-state index contributed by atoms with van der Waals surface area (Å²) in [5.41, 5.74) is -0.287. The number of likely N-dealkylation sites (tertiary alicyclic amines) is 1. The molecule has 0 N–H and O–H groups in total. The number of ether oxygens (including phenoxy) is 3. The van der Waals surface area contributed by atoms with Gasteiger partial charge in [-0.05, 0) is 25.0 Å². The van der Waals surface area contributed by atoms with Crippen LogP contribution in [0.15, 0.2) is 30.3 Å². The molecule has 22 heavy (non-hydrogen) atoms. The van der Waals surface area contributed by atoms with E-state index in [-0.39, 0.29) is 17.6 Å². The lowest BCUT2D eigenvalue weighted by atomic mass is 9.96. The van der Waals surface area contributed by atoms with E-state index in [9.17, 15) is 4.79 Å². The predicted octanol–water partition coefficient (Wildman–Crippen LogP) is 1.86. The molecule has 0 aromatic heterocycles. The third kappa shape index (κ3) is 3.10. The first-order chi connectivity index (χ1) is 10.7. The fourth-order valence-corrected chi connectivity index (χ4v) is 3.36. The number of nitrogens with zero attached hydrogens (tertiary/aromatic N) is 1. The van der Waals surface area contributed by atoms with Gasteiger partial charge in [0.1, 0.15) is 17.5 Å². The molecule has 2 atom stereocenters. The van der Waals surface area contributed by atoms with Crippen molar-refractivity contribution in [3.63, 3.8) is 0 Å². The molecule has 5 heteroatoms. The second-order valence-corrected chi connectivity index (χ2v) is 5.93. The Labute approximate surface area is 131 Å². The summed E-state index contributed by atoms with van der Waals surface area (Å²) in [5, 5.41) is 0. The molecule has 2 fully saturated rings. The van der Waals surface area contributed by atoms with E-state index < -0.39 is 0 Å². The van der Waals surface area contributed by atoms with Crippen LogP contribution in [0.4, 0.5) is 0 Å². The van der Waals surface area contributed by atoms with Gasteiger partial charge in [0.15, 0.2) is 0 Å². The molecule has 2 aliphatic heterocycles. The lowest BCUT2D eigenvalue weighted by Crippen LogP contribution is -2.42. The summed E-state index contributed by atoms with van der Waals surface area (Å²) in [7, 11) is 1.70. The van der Waals surface area contributed by atoms with Gasteiger partial charge in [-0.3, -0.25) is 4.79 Å². The lowest BCUT2D eigenvalue weighted by molar-refractivity contribution is -0.131. The molecule has 1 aromatic rings. The van der Waals surface area contributed by atoms with Gasteiger partial charge in [0, 0.05) is 20.3 Å².